The van der Waals surface area contributed by atoms with Gasteiger partial charge in [0.1, 0.15) is 11.9 Å². The van der Waals surface area contributed by atoms with E-state index in [1.54, 1.807) is 18.6 Å². The molecule has 3 heterocycles. The molecule has 0 saturated carbocycles. The number of piperazine rings is 1. The molecule has 2 atom stereocenters. The van der Waals surface area contributed by atoms with Gasteiger partial charge in [-0.25, -0.2) is 4.98 Å². The number of ether oxygens (including phenoxy) is 2. The normalized spacial score (nSPS) is 22.6. The van der Waals surface area contributed by atoms with E-state index in [0.717, 1.165) is 18.9 Å². The van der Waals surface area contributed by atoms with Crippen LogP contribution in [-0.2, 0) is 4.79 Å². The lowest BCUT2D eigenvalue weighted by molar-refractivity contribution is -0.144. The first-order valence-corrected chi connectivity index (χ1v) is 8.44. The minimum absolute atomic E-state index is 0.0270. The van der Waals surface area contributed by atoms with Gasteiger partial charge in [-0.3, -0.25) is 9.78 Å². The van der Waals surface area contributed by atoms with Gasteiger partial charge in [0.25, 0.3) is 5.91 Å². The third-order valence-corrected chi connectivity index (χ3v) is 4.55. The molecular formula is C18H20N4O3. The molecule has 1 aromatic carbocycles. The Balaban J connectivity index is 1.41. The highest BCUT2D eigenvalue weighted by Gasteiger charge is 2.37. The number of para-hydroxylation sites is 2. The number of hydrogen-bond donors (Lipinski definition) is 0. The molecule has 130 valence electrons. The number of rotatable bonds is 2. The standard InChI is InChI=1S/C18H20N4O3/c1-13-17(25-15-5-3-2-4-14(15)24-13)18(23)22-10-8-21(9-11-22)16-12-19-6-7-20-16/h2-7,12-13,17H,8-11H2,1H3/t13-,17-/m0/s1. The fourth-order valence-corrected chi connectivity index (χ4v) is 3.18. The molecule has 0 N–H and O–H groups in total. The lowest BCUT2D eigenvalue weighted by atomic mass is 10.1. The van der Waals surface area contributed by atoms with Crippen molar-refractivity contribution in [2.45, 2.75) is 19.1 Å². The molecule has 2 aliphatic rings. The van der Waals surface area contributed by atoms with Crippen molar-refractivity contribution in [1.82, 2.24) is 14.9 Å². The van der Waals surface area contributed by atoms with E-state index in [1.165, 1.54) is 0 Å². The van der Waals surface area contributed by atoms with E-state index in [-0.39, 0.29) is 12.0 Å². The zero-order chi connectivity index (χ0) is 17.2. The molecule has 2 aromatic rings. The molecule has 7 heteroatoms. The number of hydrogen-bond acceptors (Lipinski definition) is 6. The Morgan fingerprint density at radius 1 is 1.08 bits per heavy atom. The van der Waals surface area contributed by atoms with Crippen LogP contribution in [0.5, 0.6) is 11.5 Å². The molecule has 1 saturated heterocycles. The van der Waals surface area contributed by atoms with E-state index in [2.05, 4.69) is 14.9 Å². The van der Waals surface area contributed by atoms with E-state index in [0.29, 0.717) is 24.6 Å². The zero-order valence-corrected chi connectivity index (χ0v) is 14.0. The molecule has 4 rings (SSSR count). The van der Waals surface area contributed by atoms with Gasteiger partial charge in [0.05, 0.1) is 6.20 Å². The van der Waals surface area contributed by atoms with Crippen molar-refractivity contribution in [3.05, 3.63) is 42.9 Å². The van der Waals surface area contributed by atoms with Gasteiger partial charge in [-0.15, -0.1) is 0 Å². The number of amides is 1. The Bertz CT molecular complexity index is 747. The number of benzene rings is 1. The summed E-state index contributed by atoms with van der Waals surface area (Å²) in [6.07, 6.45) is 4.15. The van der Waals surface area contributed by atoms with Gasteiger partial charge in [0.15, 0.2) is 11.5 Å². The Morgan fingerprint density at radius 3 is 2.48 bits per heavy atom. The summed E-state index contributed by atoms with van der Waals surface area (Å²) in [6, 6.07) is 7.45. The van der Waals surface area contributed by atoms with Gasteiger partial charge in [-0.1, -0.05) is 12.1 Å². The van der Waals surface area contributed by atoms with Crippen molar-refractivity contribution in [1.29, 1.82) is 0 Å². The second kappa shape index (κ2) is 6.58. The van der Waals surface area contributed by atoms with Crippen molar-refractivity contribution in [2.24, 2.45) is 0 Å². The maximum absolute atomic E-state index is 12.9. The highest BCUT2D eigenvalue weighted by Crippen LogP contribution is 2.34. The molecule has 1 aromatic heterocycles. The summed E-state index contributed by atoms with van der Waals surface area (Å²) in [7, 11) is 0. The van der Waals surface area contributed by atoms with Crippen LogP contribution in [0.15, 0.2) is 42.9 Å². The SMILES string of the molecule is C[C@@H]1Oc2ccccc2O[C@@H]1C(=O)N1CCN(c2cnccn2)CC1. The number of fused-ring (bicyclic) bond motifs is 1. The average molecular weight is 340 g/mol. The molecule has 0 spiro atoms. The largest absolute Gasteiger partial charge is 0.482 e. The summed E-state index contributed by atoms with van der Waals surface area (Å²) in [5.74, 6) is 2.12. The minimum atomic E-state index is -0.613. The Morgan fingerprint density at radius 2 is 1.80 bits per heavy atom. The molecule has 0 unspecified atom stereocenters. The molecule has 2 aliphatic heterocycles. The van der Waals surface area contributed by atoms with Crippen LogP contribution >= 0.6 is 0 Å². The maximum Gasteiger partial charge on any atom is 0.267 e. The minimum Gasteiger partial charge on any atom is -0.482 e. The number of aromatic nitrogens is 2. The number of carbonyl (C=O) groups excluding carboxylic acids is 1. The molecule has 7 nitrogen and oxygen atoms in total. The fourth-order valence-electron chi connectivity index (χ4n) is 3.18. The van der Waals surface area contributed by atoms with Crippen molar-refractivity contribution in [3.8, 4) is 11.5 Å². The predicted octanol–water partition coefficient (Wildman–Crippen LogP) is 1.35. The highest BCUT2D eigenvalue weighted by atomic mass is 16.6. The van der Waals surface area contributed by atoms with Crippen LogP contribution in [-0.4, -0.2) is 59.2 Å². The number of carbonyl (C=O) groups is 1. The number of anilines is 1. The molecule has 0 aliphatic carbocycles. The van der Waals surface area contributed by atoms with Crippen LogP contribution in [0.3, 0.4) is 0 Å². The molecule has 25 heavy (non-hydrogen) atoms. The van der Waals surface area contributed by atoms with Gasteiger partial charge in [0.2, 0.25) is 6.10 Å². The zero-order valence-electron chi connectivity index (χ0n) is 14.0. The topological polar surface area (TPSA) is 67.8 Å². The smallest absolute Gasteiger partial charge is 0.267 e. The maximum atomic E-state index is 12.9. The van der Waals surface area contributed by atoms with Crippen molar-refractivity contribution in [3.63, 3.8) is 0 Å². The summed E-state index contributed by atoms with van der Waals surface area (Å²) in [5, 5.41) is 0. The second-order valence-electron chi connectivity index (χ2n) is 6.18. The first-order valence-electron chi connectivity index (χ1n) is 8.44. The van der Waals surface area contributed by atoms with Crippen LogP contribution in [0.2, 0.25) is 0 Å². The van der Waals surface area contributed by atoms with Crippen molar-refractivity contribution >= 4 is 11.7 Å². The summed E-state index contributed by atoms with van der Waals surface area (Å²) in [5.41, 5.74) is 0. The second-order valence-corrected chi connectivity index (χ2v) is 6.18. The third-order valence-electron chi connectivity index (χ3n) is 4.55. The van der Waals surface area contributed by atoms with Crippen LogP contribution < -0.4 is 14.4 Å². The van der Waals surface area contributed by atoms with Gasteiger partial charge >= 0.3 is 0 Å². The van der Waals surface area contributed by atoms with Crippen LogP contribution in [0.25, 0.3) is 0 Å². The Labute approximate surface area is 146 Å². The first kappa shape index (κ1) is 15.7. The van der Waals surface area contributed by atoms with Crippen molar-refractivity contribution < 1.29 is 14.3 Å². The van der Waals surface area contributed by atoms with Gasteiger partial charge in [-0.2, -0.15) is 0 Å². The molecule has 0 bridgehead atoms. The molecule has 0 radical (unpaired) electrons. The Kier molecular flexibility index (Phi) is 4.13. The van der Waals surface area contributed by atoms with Crippen molar-refractivity contribution in [2.75, 3.05) is 31.1 Å². The van der Waals surface area contributed by atoms with Gasteiger partial charge in [-0.05, 0) is 19.1 Å². The van der Waals surface area contributed by atoms with E-state index in [1.807, 2.05) is 36.1 Å². The monoisotopic (exact) mass is 340 g/mol. The molecule has 1 fully saturated rings. The van der Waals surface area contributed by atoms with E-state index in [9.17, 15) is 4.79 Å². The number of nitrogens with zero attached hydrogens (tertiary/aromatic N) is 4. The predicted molar refractivity (Wildman–Crippen MR) is 91.8 cm³/mol. The van der Waals surface area contributed by atoms with Crippen LogP contribution in [0.1, 0.15) is 6.92 Å². The summed E-state index contributed by atoms with van der Waals surface area (Å²) in [6.45, 7) is 4.58. The molecular weight excluding hydrogens is 320 g/mol. The quantitative estimate of drug-likeness (QED) is 0.822. The van der Waals surface area contributed by atoms with E-state index in [4.69, 9.17) is 9.47 Å². The van der Waals surface area contributed by atoms with Gasteiger partial charge < -0.3 is 19.3 Å². The average Bonchev–Trinajstić information content (AvgIpc) is 2.68. The lowest BCUT2D eigenvalue weighted by Gasteiger charge is -2.39. The summed E-state index contributed by atoms with van der Waals surface area (Å²) in [4.78, 5) is 25.3. The van der Waals surface area contributed by atoms with E-state index < -0.39 is 6.10 Å². The molecule has 1 amide bonds. The van der Waals surface area contributed by atoms with Gasteiger partial charge in [0, 0.05) is 38.6 Å². The summed E-state index contributed by atoms with van der Waals surface area (Å²) < 4.78 is 11.8. The third kappa shape index (κ3) is 3.09. The van der Waals surface area contributed by atoms with E-state index >= 15 is 0 Å². The highest BCUT2D eigenvalue weighted by molar-refractivity contribution is 5.82. The fraction of sp³-hybridized carbons (Fsp3) is 0.389. The summed E-state index contributed by atoms with van der Waals surface area (Å²) >= 11 is 0. The lowest BCUT2D eigenvalue weighted by Crippen LogP contribution is -2.56. The van der Waals surface area contributed by atoms with Crippen LogP contribution in [0.4, 0.5) is 5.82 Å². The van der Waals surface area contributed by atoms with Crippen LogP contribution in [0, 0.1) is 0 Å². The first-order chi connectivity index (χ1) is 12.2. The Hall–Kier alpha value is -2.83.